The summed E-state index contributed by atoms with van der Waals surface area (Å²) in [5.74, 6) is 0.743. The van der Waals surface area contributed by atoms with Crippen LogP contribution in [-0.4, -0.2) is 21.0 Å². The Hall–Kier alpha value is -1.19. The van der Waals surface area contributed by atoms with E-state index in [0.29, 0.717) is 5.82 Å². The third-order valence-corrected chi connectivity index (χ3v) is 1.60. The lowest BCUT2D eigenvalue weighted by Gasteiger charge is -1.87. The van der Waals surface area contributed by atoms with Gasteiger partial charge in [0.1, 0.15) is 6.33 Å². The van der Waals surface area contributed by atoms with E-state index in [-0.39, 0.29) is 11.7 Å². The lowest BCUT2D eigenvalue weighted by atomic mass is 10.2. The minimum absolute atomic E-state index is 0.109. The lowest BCUT2D eigenvalue weighted by molar-refractivity contribution is 0.0958. The molecule has 0 spiro atoms. The number of H-pyrrole nitrogens is 1. The van der Waals surface area contributed by atoms with Gasteiger partial charge >= 0.3 is 0 Å². The van der Waals surface area contributed by atoms with Crippen molar-refractivity contribution in [1.29, 1.82) is 0 Å². The first-order valence-electron chi connectivity index (χ1n) is 3.27. The summed E-state index contributed by atoms with van der Waals surface area (Å²) in [5, 5.41) is 6.14. The highest BCUT2D eigenvalue weighted by Crippen LogP contribution is 2.31. The summed E-state index contributed by atoms with van der Waals surface area (Å²) in [6.45, 7) is 0. The highest BCUT2D eigenvalue weighted by Gasteiger charge is 2.31. The molecule has 4 nitrogen and oxygen atoms in total. The van der Waals surface area contributed by atoms with Crippen molar-refractivity contribution in [1.82, 2.24) is 15.2 Å². The Kier molecular flexibility index (Phi) is 1.06. The molecule has 0 radical (unpaired) electrons. The summed E-state index contributed by atoms with van der Waals surface area (Å²) in [5.41, 5.74) is 0. The second-order valence-electron chi connectivity index (χ2n) is 2.47. The van der Waals surface area contributed by atoms with Crippen LogP contribution < -0.4 is 0 Å². The van der Waals surface area contributed by atoms with Gasteiger partial charge in [-0.3, -0.25) is 9.89 Å². The largest absolute Gasteiger partial charge is 0.290 e. The van der Waals surface area contributed by atoms with E-state index >= 15 is 0 Å². The first kappa shape index (κ1) is 5.58. The molecule has 1 N–H and O–H groups in total. The van der Waals surface area contributed by atoms with Gasteiger partial charge in [0, 0.05) is 5.92 Å². The van der Waals surface area contributed by atoms with Gasteiger partial charge in [-0.1, -0.05) is 0 Å². The van der Waals surface area contributed by atoms with Gasteiger partial charge in [-0.2, -0.15) is 5.10 Å². The van der Waals surface area contributed by atoms with E-state index in [1.54, 1.807) is 0 Å². The first-order valence-corrected chi connectivity index (χ1v) is 3.27. The van der Waals surface area contributed by atoms with E-state index in [0.717, 1.165) is 12.8 Å². The van der Waals surface area contributed by atoms with Gasteiger partial charge in [0.15, 0.2) is 5.82 Å². The van der Waals surface area contributed by atoms with Crippen molar-refractivity contribution < 1.29 is 4.79 Å². The Bertz CT molecular complexity index is 238. The molecule has 2 rings (SSSR count). The molecule has 0 bridgehead atoms. The third kappa shape index (κ3) is 0.814. The van der Waals surface area contributed by atoms with Crippen molar-refractivity contribution in [2.45, 2.75) is 12.8 Å². The van der Waals surface area contributed by atoms with E-state index in [1.807, 2.05) is 0 Å². The van der Waals surface area contributed by atoms with Crippen LogP contribution in [0.15, 0.2) is 6.33 Å². The SMILES string of the molecule is O=C(c1ncn[nH]1)C1CC1. The lowest BCUT2D eigenvalue weighted by Crippen LogP contribution is -2.03. The molecule has 1 fully saturated rings. The van der Waals surface area contributed by atoms with Crippen molar-refractivity contribution in [3.05, 3.63) is 12.2 Å². The van der Waals surface area contributed by atoms with Gasteiger partial charge < -0.3 is 0 Å². The molecular formula is C6H7N3O. The number of rotatable bonds is 2. The van der Waals surface area contributed by atoms with Gasteiger partial charge in [-0.05, 0) is 12.8 Å². The van der Waals surface area contributed by atoms with E-state index < -0.39 is 0 Å². The maximum atomic E-state index is 11.1. The molecule has 4 heteroatoms. The zero-order valence-electron chi connectivity index (χ0n) is 5.37. The molecule has 1 saturated carbocycles. The Morgan fingerprint density at radius 3 is 3.00 bits per heavy atom. The van der Waals surface area contributed by atoms with Crippen LogP contribution in [0.5, 0.6) is 0 Å². The topological polar surface area (TPSA) is 58.6 Å². The van der Waals surface area contributed by atoms with Crippen LogP contribution in [-0.2, 0) is 0 Å². The molecule has 10 heavy (non-hydrogen) atoms. The number of carbonyl (C=O) groups is 1. The Morgan fingerprint density at radius 1 is 1.70 bits per heavy atom. The first-order chi connectivity index (χ1) is 4.88. The highest BCUT2D eigenvalue weighted by atomic mass is 16.1. The number of aromatic amines is 1. The van der Waals surface area contributed by atoms with E-state index in [4.69, 9.17) is 0 Å². The summed E-state index contributed by atoms with van der Waals surface area (Å²) in [6, 6.07) is 0. The fourth-order valence-corrected chi connectivity index (χ4v) is 0.863. The highest BCUT2D eigenvalue weighted by molar-refractivity contribution is 5.95. The average Bonchev–Trinajstić information content (AvgIpc) is 2.65. The van der Waals surface area contributed by atoms with E-state index in [1.165, 1.54) is 6.33 Å². The number of hydrogen-bond donors (Lipinski definition) is 1. The number of hydrogen-bond acceptors (Lipinski definition) is 3. The van der Waals surface area contributed by atoms with Crippen LogP contribution >= 0.6 is 0 Å². The minimum atomic E-state index is 0.109. The standard InChI is InChI=1S/C6H7N3O/c10-5(4-1-2-4)6-7-3-8-9-6/h3-4H,1-2H2,(H,7,8,9). The number of Topliss-reactive ketones (excluding diaryl/α,β-unsaturated/α-hetero) is 1. The molecule has 1 heterocycles. The van der Waals surface area contributed by atoms with Gasteiger partial charge in [0.25, 0.3) is 0 Å². The van der Waals surface area contributed by atoms with E-state index in [9.17, 15) is 4.79 Å². The molecule has 1 aliphatic rings. The normalized spacial score (nSPS) is 17.2. The minimum Gasteiger partial charge on any atom is -0.290 e. The summed E-state index contributed by atoms with van der Waals surface area (Å²) in [4.78, 5) is 14.9. The molecule has 0 atom stereocenters. The van der Waals surface area contributed by atoms with Crippen LogP contribution in [0.1, 0.15) is 23.5 Å². The fourth-order valence-electron chi connectivity index (χ4n) is 0.863. The summed E-state index contributed by atoms with van der Waals surface area (Å²) in [6.07, 6.45) is 3.38. The fraction of sp³-hybridized carbons (Fsp3) is 0.500. The third-order valence-electron chi connectivity index (χ3n) is 1.60. The maximum absolute atomic E-state index is 11.1. The molecule has 1 aliphatic carbocycles. The second kappa shape index (κ2) is 1.90. The quantitative estimate of drug-likeness (QED) is 0.600. The zero-order valence-corrected chi connectivity index (χ0v) is 5.37. The van der Waals surface area contributed by atoms with Crippen molar-refractivity contribution in [3.63, 3.8) is 0 Å². The van der Waals surface area contributed by atoms with Crippen molar-refractivity contribution in [2.24, 2.45) is 5.92 Å². The van der Waals surface area contributed by atoms with Crippen LogP contribution in [0.4, 0.5) is 0 Å². The molecule has 52 valence electrons. The smallest absolute Gasteiger partial charge is 0.202 e. The zero-order chi connectivity index (χ0) is 6.97. The second-order valence-corrected chi connectivity index (χ2v) is 2.47. The Labute approximate surface area is 57.7 Å². The van der Waals surface area contributed by atoms with Gasteiger partial charge in [-0.25, -0.2) is 4.98 Å². The van der Waals surface area contributed by atoms with Crippen molar-refractivity contribution >= 4 is 5.78 Å². The van der Waals surface area contributed by atoms with Crippen molar-refractivity contribution in [3.8, 4) is 0 Å². The molecule has 0 amide bonds. The molecule has 1 aromatic heterocycles. The number of nitrogens with zero attached hydrogens (tertiary/aromatic N) is 2. The molecule has 1 aromatic rings. The monoisotopic (exact) mass is 137 g/mol. The van der Waals surface area contributed by atoms with Gasteiger partial charge in [0.2, 0.25) is 5.78 Å². The van der Waals surface area contributed by atoms with Crippen LogP contribution in [0.2, 0.25) is 0 Å². The predicted octanol–water partition coefficient (Wildman–Crippen LogP) is 0.397. The number of ketones is 1. The maximum Gasteiger partial charge on any atom is 0.202 e. The Balaban J connectivity index is 2.19. The van der Waals surface area contributed by atoms with Crippen molar-refractivity contribution in [2.75, 3.05) is 0 Å². The van der Waals surface area contributed by atoms with E-state index in [2.05, 4.69) is 15.2 Å². The molecule has 0 unspecified atom stereocenters. The van der Waals surface area contributed by atoms with Crippen LogP contribution in [0, 0.1) is 5.92 Å². The molecule has 0 aromatic carbocycles. The molecule has 0 aliphatic heterocycles. The van der Waals surface area contributed by atoms with Crippen LogP contribution in [0.3, 0.4) is 0 Å². The molecular weight excluding hydrogens is 130 g/mol. The van der Waals surface area contributed by atoms with Crippen LogP contribution in [0.25, 0.3) is 0 Å². The average molecular weight is 137 g/mol. The number of carbonyl (C=O) groups excluding carboxylic acids is 1. The summed E-state index contributed by atoms with van der Waals surface area (Å²) >= 11 is 0. The van der Waals surface area contributed by atoms with Gasteiger partial charge in [-0.15, -0.1) is 0 Å². The summed E-state index contributed by atoms with van der Waals surface area (Å²) < 4.78 is 0. The summed E-state index contributed by atoms with van der Waals surface area (Å²) in [7, 11) is 0. The Morgan fingerprint density at radius 2 is 2.50 bits per heavy atom. The van der Waals surface area contributed by atoms with Gasteiger partial charge in [0.05, 0.1) is 0 Å². The predicted molar refractivity (Wildman–Crippen MR) is 33.4 cm³/mol. The number of aromatic nitrogens is 3. The number of nitrogens with one attached hydrogen (secondary N) is 1. The molecule has 0 saturated heterocycles.